The van der Waals surface area contributed by atoms with Crippen LogP contribution in [0.15, 0.2) is 12.1 Å². The van der Waals surface area contributed by atoms with Crippen molar-refractivity contribution in [2.75, 3.05) is 26.9 Å². The first-order valence-electron chi connectivity index (χ1n) is 9.14. The summed E-state index contributed by atoms with van der Waals surface area (Å²) in [4.78, 5) is 19.2. The molecule has 132 valence electrons. The molecular weight excluding hydrogens is 304 g/mol. The average Bonchev–Trinajstić information content (AvgIpc) is 2.62. The predicted octanol–water partition coefficient (Wildman–Crippen LogP) is 2.96. The van der Waals surface area contributed by atoms with E-state index in [2.05, 4.69) is 4.98 Å². The molecule has 3 rings (SSSR count). The molecule has 5 heteroatoms. The zero-order valence-electron chi connectivity index (χ0n) is 14.6. The Balaban J connectivity index is 1.54. The van der Waals surface area contributed by atoms with Gasteiger partial charge in [-0.15, -0.1) is 0 Å². The maximum atomic E-state index is 12.6. The van der Waals surface area contributed by atoms with Crippen molar-refractivity contribution in [1.82, 2.24) is 9.88 Å². The van der Waals surface area contributed by atoms with Crippen molar-refractivity contribution in [3.63, 3.8) is 0 Å². The third-order valence-electron chi connectivity index (χ3n) is 5.10. The van der Waals surface area contributed by atoms with Crippen molar-refractivity contribution in [2.45, 2.75) is 51.5 Å². The molecule has 1 aromatic rings. The Morgan fingerprint density at radius 2 is 2.08 bits per heavy atom. The summed E-state index contributed by atoms with van der Waals surface area (Å²) in [5.74, 6) is 1.56. The van der Waals surface area contributed by atoms with Crippen LogP contribution in [0, 0.1) is 5.92 Å². The molecule has 0 N–H and O–H groups in total. The topological polar surface area (TPSA) is 51.7 Å². The standard InChI is InChI=1S/C19H28N2O3/c1-23-11-12-24-18-8-7-16-14-21(10-9-17(16)20-18)19(22)13-15-5-3-2-4-6-15/h7-8,15H,2-6,9-14H2,1H3. The smallest absolute Gasteiger partial charge is 0.223 e. The summed E-state index contributed by atoms with van der Waals surface area (Å²) < 4.78 is 10.6. The number of nitrogens with zero attached hydrogens (tertiary/aromatic N) is 2. The fraction of sp³-hybridized carbons (Fsp3) is 0.684. The minimum Gasteiger partial charge on any atom is -0.475 e. The predicted molar refractivity (Wildman–Crippen MR) is 91.9 cm³/mol. The molecule has 1 amide bonds. The Kier molecular flexibility index (Phi) is 6.07. The molecule has 0 bridgehead atoms. The molecule has 1 fully saturated rings. The lowest BCUT2D eigenvalue weighted by Gasteiger charge is -2.30. The van der Waals surface area contributed by atoms with E-state index in [4.69, 9.17) is 9.47 Å². The second-order valence-electron chi connectivity index (χ2n) is 6.87. The van der Waals surface area contributed by atoms with Gasteiger partial charge in [0.25, 0.3) is 0 Å². The van der Waals surface area contributed by atoms with Crippen molar-refractivity contribution in [2.24, 2.45) is 5.92 Å². The van der Waals surface area contributed by atoms with Gasteiger partial charge in [-0.05, 0) is 24.3 Å². The van der Waals surface area contributed by atoms with Gasteiger partial charge in [-0.25, -0.2) is 4.98 Å². The minimum atomic E-state index is 0.313. The minimum absolute atomic E-state index is 0.313. The van der Waals surface area contributed by atoms with E-state index >= 15 is 0 Å². The number of rotatable bonds is 6. The first-order chi connectivity index (χ1) is 11.8. The molecule has 1 aliphatic carbocycles. The lowest BCUT2D eigenvalue weighted by Crippen LogP contribution is -2.37. The highest BCUT2D eigenvalue weighted by Crippen LogP contribution is 2.28. The van der Waals surface area contributed by atoms with E-state index in [0.29, 0.717) is 37.5 Å². The van der Waals surface area contributed by atoms with Crippen LogP contribution in [0.25, 0.3) is 0 Å². The molecule has 2 heterocycles. The number of carbonyl (C=O) groups is 1. The number of amides is 1. The Bertz CT molecular complexity index is 556. The second kappa shape index (κ2) is 8.47. The van der Waals surface area contributed by atoms with Crippen molar-refractivity contribution in [1.29, 1.82) is 0 Å². The van der Waals surface area contributed by atoms with Crippen LogP contribution in [0.4, 0.5) is 0 Å². The van der Waals surface area contributed by atoms with Crippen LogP contribution in [0.3, 0.4) is 0 Å². The van der Waals surface area contributed by atoms with E-state index in [9.17, 15) is 4.79 Å². The van der Waals surface area contributed by atoms with Gasteiger partial charge in [0, 0.05) is 39.1 Å². The highest BCUT2D eigenvalue weighted by molar-refractivity contribution is 5.76. The average molecular weight is 332 g/mol. The summed E-state index contributed by atoms with van der Waals surface area (Å²) in [6, 6.07) is 3.94. The van der Waals surface area contributed by atoms with Gasteiger partial charge in [-0.2, -0.15) is 0 Å². The molecule has 0 radical (unpaired) electrons. The third kappa shape index (κ3) is 4.47. The SMILES string of the molecule is COCCOc1ccc2c(n1)CCN(C(=O)CC1CCCCC1)C2. The van der Waals surface area contributed by atoms with Gasteiger partial charge in [0.05, 0.1) is 12.3 Å². The van der Waals surface area contributed by atoms with Crippen LogP contribution in [-0.4, -0.2) is 42.7 Å². The van der Waals surface area contributed by atoms with Gasteiger partial charge in [-0.1, -0.05) is 25.3 Å². The maximum absolute atomic E-state index is 12.6. The molecule has 0 unspecified atom stereocenters. The summed E-state index contributed by atoms with van der Waals surface area (Å²) in [5, 5.41) is 0. The molecule has 1 aliphatic heterocycles. The summed E-state index contributed by atoms with van der Waals surface area (Å²) in [7, 11) is 1.66. The van der Waals surface area contributed by atoms with E-state index < -0.39 is 0 Å². The molecule has 2 aliphatic rings. The number of pyridine rings is 1. The quantitative estimate of drug-likeness (QED) is 0.752. The van der Waals surface area contributed by atoms with E-state index in [-0.39, 0.29) is 0 Å². The monoisotopic (exact) mass is 332 g/mol. The van der Waals surface area contributed by atoms with E-state index in [1.807, 2.05) is 17.0 Å². The molecule has 5 nitrogen and oxygen atoms in total. The number of aromatic nitrogens is 1. The van der Waals surface area contributed by atoms with Crippen molar-refractivity contribution in [3.8, 4) is 5.88 Å². The Morgan fingerprint density at radius 1 is 1.25 bits per heavy atom. The van der Waals surface area contributed by atoms with Crippen LogP contribution in [0.1, 0.15) is 49.8 Å². The lowest BCUT2D eigenvalue weighted by molar-refractivity contribution is -0.133. The fourth-order valence-electron chi connectivity index (χ4n) is 3.69. The number of carbonyl (C=O) groups excluding carboxylic acids is 1. The van der Waals surface area contributed by atoms with Crippen LogP contribution in [0.2, 0.25) is 0 Å². The largest absolute Gasteiger partial charge is 0.475 e. The fourth-order valence-corrected chi connectivity index (χ4v) is 3.69. The van der Waals surface area contributed by atoms with Gasteiger partial charge in [0.2, 0.25) is 11.8 Å². The summed E-state index contributed by atoms with van der Waals surface area (Å²) >= 11 is 0. The first-order valence-corrected chi connectivity index (χ1v) is 9.14. The zero-order chi connectivity index (χ0) is 16.8. The van der Waals surface area contributed by atoms with E-state index in [1.165, 1.54) is 32.1 Å². The summed E-state index contributed by atoms with van der Waals surface area (Å²) in [5.41, 5.74) is 2.21. The Hall–Kier alpha value is -1.62. The van der Waals surface area contributed by atoms with Crippen molar-refractivity contribution in [3.05, 3.63) is 23.4 Å². The molecular formula is C19H28N2O3. The first kappa shape index (κ1) is 17.2. The molecule has 0 spiro atoms. The highest BCUT2D eigenvalue weighted by Gasteiger charge is 2.25. The van der Waals surface area contributed by atoms with Crippen LogP contribution in [-0.2, 0) is 22.5 Å². The molecule has 0 atom stereocenters. The van der Waals surface area contributed by atoms with Crippen LogP contribution >= 0.6 is 0 Å². The van der Waals surface area contributed by atoms with Crippen molar-refractivity contribution >= 4 is 5.91 Å². The Labute approximate surface area is 144 Å². The zero-order valence-corrected chi connectivity index (χ0v) is 14.6. The molecule has 0 saturated heterocycles. The number of methoxy groups -OCH3 is 1. The van der Waals surface area contributed by atoms with Crippen molar-refractivity contribution < 1.29 is 14.3 Å². The number of ether oxygens (including phenoxy) is 2. The summed E-state index contributed by atoms with van der Waals surface area (Å²) in [6.07, 6.45) is 7.89. The lowest BCUT2D eigenvalue weighted by atomic mass is 9.86. The third-order valence-corrected chi connectivity index (χ3v) is 5.10. The molecule has 0 aromatic carbocycles. The second-order valence-corrected chi connectivity index (χ2v) is 6.87. The van der Waals surface area contributed by atoms with Crippen LogP contribution in [0.5, 0.6) is 5.88 Å². The van der Waals surface area contributed by atoms with Gasteiger partial charge in [0.1, 0.15) is 6.61 Å². The van der Waals surface area contributed by atoms with Gasteiger partial charge in [0.15, 0.2) is 0 Å². The summed E-state index contributed by atoms with van der Waals surface area (Å²) in [6.45, 7) is 2.52. The number of hydrogen-bond donors (Lipinski definition) is 0. The van der Waals surface area contributed by atoms with Gasteiger partial charge >= 0.3 is 0 Å². The molecule has 1 aromatic heterocycles. The van der Waals surface area contributed by atoms with E-state index in [0.717, 1.165) is 30.6 Å². The van der Waals surface area contributed by atoms with Crippen LogP contribution < -0.4 is 4.74 Å². The van der Waals surface area contributed by atoms with E-state index in [1.54, 1.807) is 7.11 Å². The van der Waals surface area contributed by atoms with Gasteiger partial charge < -0.3 is 14.4 Å². The number of fused-ring (bicyclic) bond motifs is 1. The molecule has 24 heavy (non-hydrogen) atoms. The van der Waals surface area contributed by atoms with Gasteiger partial charge in [-0.3, -0.25) is 4.79 Å². The number of hydrogen-bond acceptors (Lipinski definition) is 4. The molecule has 1 saturated carbocycles. The Morgan fingerprint density at radius 3 is 2.88 bits per heavy atom. The normalized spacial score (nSPS) is 18.3. The highest BCUT2D eigenvalue weighted by atomic mass is 16.5. The maximum Gasteiger partial charge on any atom is 0.223 e.